The fourth-order valence-electron chi connectivity index (χ4n) is 4.90. The van der Waals surface area contributed by atoms with Gasteiger partial charge >= 0.3 is 0 Å². The fraction of sp³-hybridized carbons (Fsp3) is 0.364. The van der Waals surface area contributed by atoms with Gasteiger partial charge in [-0.1, -0.05) is 15.9 Å². The molecule has 9 heteroatoms. The molecule has 160 valence electrons. The highest BCUT2D eigenvalue weighted by Gasteiger charge is 2.54. The van der Waals surface area contributed by atoms with E-state index >= 15 is 0 Å². The van der Waals surface area contributed by atoms with E-state index in [4.69, 9.17) is 10.5 Å². The lowest BCUT2D eigenvalue weighted by Crippen LogP contribution is -2.58. The molecule has 2 heterocycles. The Labute approximate surface area is 187 Å². The average Bonchev–Trinajstić information content (AvgIpc) is 3.03. The van der Waals surface area contributed by atoms with Crippen LogP contribution in [0.3, 0.4) is 0 Å². The van der Waals surface area contributed by atoms with Gasteiger partial charge in [0.1, 0.15) is 11.7 Å². The van der Waals surface area contributed by atoms with E-state index in [1.807, 2.05) is 25.4 Å². The van der Waals surface area contributed by atoms with Crippen LogP contribution in [0.5, 0.6) is 5.88 Å². The number of rotatable bonds is 5. The van der Waals surface area contributed by atoms with Crippen LogP contribution in [0.1, 0.15) is 46.4 Å². The molecule has 8 nitrogen and oxygen atoms in total. The van der Waals surface area contributed by atoms with E-state index in [9.17, 15) is 9.59 Å². The number of fused-ring (bicyclic) bond motifs is 1. The van der Waals surface area contributed by atoms with Gasteiger partial charge in [0, 0.05) is 35.3 Å². The molecule has 0 aliphatic heterocycles. The third kappa shape index (κ3) is 3.67. The average molecular weight is 484 g/mol. The van der Waals surface area contributed by atoms with Crippen LogP contribution >= 0.6 is 15.9 Å². The maximum Gasteiger partial charge on any atom is 0.254 e. The monoisotopic (exact) mass is 483 g/mol. The molecule has 0 radical (unpaired) electrons. The van der Waals surface area contributed by atoms with Gasteiger partial charge in [-0.3, -0.25) is 14.3 Å². The minimum absolute atomic E-state index is 0.0183. The van der Waals surface area contributed by atoms with Crippen LogP contribution < -0.4 is 15.8 Å². The Morgan fingerprint density at radius 3 is 2.77 bits per heavy atom. The van der Waals surface area contributed by atoms with Crippen molar-refractivity contribution in [2.24, 2.45) is 18.2 Å². The Balaban J connectivity index is 1.18. The van der Waals surface area contributed by atoms with Crippen molar-refractivity contribution >= 4 is 38.6 Å². The van der Waals surface area contributed by atoms with E-state index in [1.165, 1.54) is 0 Å². The third-order valence-electron chi connectivity index (χ3n) is 6.28. The molecular weight excluding hydrogens is 462 g/mol. The van der Waals surface area contributed by atoms with Gasteiger partial charge in [-0.05, 0) is 55.4 Å². The first-order chi connectivity index (χ1) is 14.8. The molecule has 2 fully saturated rings. The number of hydrogen-bond donors (Lipinski definition) is 2. The van der Waals surface area contributed by atoms with Crippen molar-refractivity contribution in [3.8, 4) is 5.88 Å². The van der Waals surface area contributed by atoms with Crippen molar-refractivity contribution in [1.82, 2.24) is 20.1 Å². The fourth-order valence-corrected chi connectivity index (χ4v) is 5.35. The highest BCUT2D eigenvalue weighted by molar-refractivity contribution is 9.10. The van der Waals surface area contributed by atoms with Crippen molar-refractivity contribution in [3.63, 3.8) is 0 Å². The topological polar surface area (TPSA) is 112 Å². The summed E-state index contributed by atoms with van der Waals surface area (Å²) in [6.07, 6.45) is 7.10. The standard InChI is InChI=1S/C22H22BrN5O3/c1-28-11-17-16(5-12(23)6-18(17)27-28)20(30)26-13-7-22(8-13)9-14(10-22)31-21-15(19(24)29)3-2-4-25-21/h2-6,11,13-14H,7-10H2,1H3,(H2,24,29)(H,26,30). The van der Waals surface area contributed by atoms with E-state index in [1.54, 1.807) is 23.0 Å². The lowest BCUT2D eigenvalue weighted by Gasteiger charge is -2.57. The van der Waals surface area contributed by atoms with Crippen molar-refractivity contribution < 1.29 is 14.3 Å². The number of aromatic nitrogens is 3. The highest BCUT2D eigenvalue weighted by atomic mass is 79.9. The van der Waals surface area contributed by atoms with E-state index < -0.39 is 5.91 Å². The number of primary amides is 1. The van der Waals surface area contributed by atoms with Gasteiger partial charge in [0.25, 0.3) is 11.8 Å². The summed E-state index contributed by atoms with van der Waals surface area (Å²) in [5.74, 6) is -0.321. The molecule has 0 saturated heterocycles. The first kappa shape index (κ1) is 20.0. The lowest BCUT2D eigenvalue weighted by atomic mass is 9.53. The lowest BCUT2D eigenvalue weighted by molar-refractivity contribution is -0.0848. The largest absolute Gasteiger partial charge is 0.474 e. The quantitative estimate of drug-likeness (QED) is 0.579. The van der Waals surface area contributed by atoms with Crippen molar-refractivity contribution in [2.45, 2.75) is 37.8 Å². The number of amides is 2. The first-order valence-corrected chi connectivity index (χ1v) is 11.0. The second-order valence-electron chi connectivity index (χ2n) is 8.64. The number of benzene rings is 1. The number of nitrogens with one attached hydrogen (secondary N) is 1. The van der Waals surface area contributed by atoms with E-state index in [-0.39, 0.29) is 23.5 Å². The molecule has 0 bridgehead atoms. The number of halogens is 1. The van der Waals surface area contributed by atoms with Crippen molar-refractivity contribution in [1.29, 1.82) is 0 Å². The summed E-state index contributed by atoms with van der Waals surface area (Å²) in [6.45, 7) is 0. The smallest absolute Gasteiger partial charge is 0.254 e. The zero-order valence-corrected chi connectivity index (χ0v) is 18.6. The van der Waals surface area contributed by atoms with E-state index in [0.717, 1.165) is 41.1 Å². The molecule has 0 unspecified atom stereocenters. The molecule has 2 saturated carbocycles. The zero-order chi connectivity index (χ0) is 21.8. The van der Waals surface area contributed by atoms with Crippen LogP contribution in [0, 0.1) is 5.41 Å². The Morgan fingerprint density at radius 2 is 2.03 bits per heavy atom. The van der Waals surface area contributed by atoms with Gasteiger partial charge in [-0.25, -0.2) is 4.98 Å². The molecule has 31 heavy (non-hydrogen) atoms. The maximum atomic E-state index is 12.9. The SMILES string of the molecule is Cn1cc2c(C(=O)NC3CC4(C3)CC(Oc3ncccc3C(N)=O)C4)cc(Br)cc2n1. The van der Waals surface area contributed by atoms with Gasteiger partial charge in [-0.2, -0.15) is 5.10 Å². The molecule has 3 N–H and O–H groups in total. The van der Waals surface area contributed by atoms with Gasteiger partial charge in [0.15, 0.2) is 0 Å². The molecule has 1 spiro atoms. The summed E-state index contributed by atoms with van der Waals surface area (Å²) >= 11 is 3.47. The molecule has 2 aromatic heterocycles. The minimum Gasteiger partial charge on any atom is -0.474 e. The van der Waals surface area contributed by atoms with Gasteiger partial charge in [0.05, 0.1) is 11.1 Å². The van der Waals surface area contributed by atoms with Gasteiger partial charge in [-0.15, -0.1) is 0 Å². The van der Waals surface area contributed by atoms with E-state index in [0.29, 0.717) is 17.0 Å². The summed E-state index contributed by atoms with van der Waals surface area (Å²) in [4.78, 5) is 28.6. The van der Waals surface area contributed by atoms with Crippen LogP contribution in [0.2, 0.25) is 0 Å². The van der Waals surface area contributed by atoms with Crippen LogP contribution in [-0.4, -0.2) is 38.7 Å². The molecule has 2 aliphatic carbocycles. The Bertz CT molecular complexity index is 1190. The van der Waals surface area contributed by atoms with Crippen LogP contribution in [0.25, 0.3) is 10.9 Å². The maximum absolute atomic E-state index is 12.9. The number of nitrogens with two attached hydrogens (primary N) is 1. The normalized spacial score (nSPS) is 24.5. The summed E-state index contributed by atoms with van der Waals surface area (Å²) in [6, 6.07) is 7.18. The van der Waals surface area contributed by atoms with Gasteiger partial charge in [0.2, 0.25) is 5.88 Å². The second-order valence-corrected chi connectivity index (χ2v) is 9.55. The highest BCUT2D eigenvalue weighted by Crippen LogP contribution is 2.56. The molecular formula is C22H22BrN5O3. The molecule has 5 rings (SSSR count). The zero-order valence-electron chi connectivity index (χ0n) is 17.0. The van der Waals surface area contributed by atoms with E-state index in [2.05, 4.69) is 31.3 Å². The Hall–Kier alpha value is -2.94. The minimum atomic E-state index is -0.543. The van der Waals surface area contributed by atoms with Crippen LogP contribution in [0.4, 0.5) is 0 Å². The molecule has 2 amide bonds. The summed E-state index contributed by atoms with van der Waals surface area (Å²) in [5.41, 5.74) is 7.31. The van der Waals surface area contributed by atoms with Gasteiger partial charge < -0.3 is 15.8 Å². The summed E-state index contributed by atoms with van der Waals surface area (Å²) in [7, 11) is 1.84. The Morgan fingerprint density at radius 1 is 1.26 bits per heavy atom. The second kappa shape index (κ2) is 7.33. The van der Waals surface area contributed by atoms with Crippen LogP contribution in [-0.2, 0) is 7.05 Å². The van der Waals surface area contributed by atoms with Crippen molar-refractivity contribution in [2.75, 3.05) is 0 Å². The number of hydrogen-bond acceptors (Lipinski definition) is 5. The summed E-state index contributed by atoms with van der Waals surface area (Å²) in [5, 5.41) is 8.40. The molecule has 0 atom stereocenters. The number of carbonyl (C=O) groups excluding carboxylic acids is 2. The molecule has 2 aliphatic rings. The first-order valence-electron chi connectivity index (χ1n) is 10.2. The van der Waals surface area contributed by atoms with Crippen LogP contribution in [0.15, 0.2) is 41.1 Å². The number of nitrogens with zero attached hydrogens (tertiary/aromatic N) is 3. The predicted octanol–water partition coefficient (Wildman–Crippen LogP) is 2.95. The Kier molecular flexibility index (Phi) is 4.73. The third-order valence-corrected chi connectivity index (χ3v) is 6.74. The van der Waals surface area contributed by atoms with Crippen molar-refractivity contribution in [3.05, 3.63) is 52.3 Å². The predicted molar refractivity (Wildman–Crippen MR) is 118 cm³/mol. The number of aryl methyl sites for hydroxylation is 1. The number of ether oxygens (including phenoxy) is 1. The molecule has 3 aromatic rings. The number of pyridine rings is 1. The summed E-state index contributed by atoms with van der Waals surface area (Å²) < 4.78 is 8.46. The molecule has 1 aromatic carbocycles. The number of carbonyl (C=O) groups is 2.